The zero-order valence-electron chi connectivity index (χ0n) is 28.0. The maximum Gasteiger partial charge on any atom is 0.187 e. The van der Waals surface area contributed by atoms with Crippen molar-refractivity contribution in [1.29, 1.82) is 0 Å². The minimum absolute atomic E-state index is 0.352. The average Bonchev–Trinajstić information content (AvgIpc) is 2.99. The number of rotatable bonds is 10. The predicted molar refractivity (Wildman–Crippen MR) is 156 cm³/mol. The van der Waals surface area contributed by atoms with Gasteiger partial charge < -0.3 is 83.5 Å². The molecule has 17 heteroatoms. The van der Waals surface area contributed by atoms with E-state index in [0.717, 1.165) is 0 Å². The van der Waals surface area contributed by atoms with Gasteiger partial charge in [-0.3, -0.25) is 0 Å². The Morgan fingerprint density at radius 2 is 0.702 bits per heavy atom. The van der Waals surface area contributed by atoms with Crippen LogP contribution in [0.15, 0.2) is 0 Å². The van der Waals surface area contributed by atoms with Crippen molar-refractivity contribution in [2.45, 2.75) is 190 Å². The van der Waals surface area contributed by atoms with Gasteiger partial charge in [0.05, 0.1) is 36.6 Å². The molecule has 0 radical (unpaired) electrons. The van der Waals surface area contributed by atoms with Crippen LogP contribution in [0.4, 0.5) is 0 Å². The molecule has 4 fully saturated rings. The normalized spacial score (nSPS) is 51.4. The topological polar surface area (TPSA) is 245 Å². The van der Waals surface area contributed by atoms with E-state index in [1.807, 2.05) is 0 Å². The van der Waals surface area contributed by atoms with Gasteiger partial charge >= 0.3 is 0 Å². The molecular formula is C30H54O17. The highest BCUT2D eigenvalue weighted by atomic mass is 16.8. The molecule has 0 amide bonds. The lowest BCUT2D eigenvalue weighted by Gasteiger charge is -2.49. The molecule has 0 aromatic heterocycles. The fraction of sp³-hybridized carbons (Fsp3) is 1.00. The van der Waals surface area contributed by atoms with Crippen LogP contribution in [0.1, 0.15) is 55.4 Å². The zero-order chi connectivity index (χ0) is 35.1. The summed E-state index contributed by atoms with van der Waals surface area (Å²) in [5, 5.41) is 86.9. The first-order valence-corrected chi connectivity index (χ1v) is 16.3. The van der Waals surface area contributed by atoms with Crippen LogP contribution in [0.25, 0.3) is 0 Å². The molecule has 47 heavy (non-hydrogen) atoms. The van der Waals surface area contributed by atoms with Crippen LogP contribution < -0.4 is 0 Å². The SMILES string of the molecule is CC(C)OC1[C@@H](O[C@@H]2C(O)[C@@H](O[C@@H]3C(O)[C@@H](OC4[C@@H](OC(C)C)OC(C)[C@@H](O)[C@@H]4O)OC(C)[C@H]3O)OC(C)[C@H]2O)OC(C)C(O)[C@@H]1O. The highest BCUT2D eigenvalue weighted by Crippen LogP contribution is 2.35. The molecule has 8 N–H and O–H groups in total. The van der Waals surface area contributed by atoms with Crippen LogP contribution in [0, 0.1) is 0 Å². The van der Waals surface area contributed by atoms with Gasteiger partial charge in [-0.05, 0) is 55.4 Å². The molecule has 4 aliphatic heterocycles. The largest absolute Gasteiger partial charge is 0.388 e. The maximum absolute atomic E-state index is 11.3. The lowest BCUT2D eigenvalue weighted by atomic mass is 9.96. The molecule has 4 saturated heterocycles. The molecule has 0 bridgehead atoms. The van der Waals surface area contributed by atoms with E-state index >= 15 is 0 Å². The Morgan fingerprint density at radius 3 is 1.15 bits per heavy atom. The second kappa shape index (κ2) is 16.1. The van der Waals surface area contributed by atoms with Gasteiger partial charge in [0.15, 0.2) is 25.2 Å². The fourth-order valence-electron chi connectivity index (χ4n) is 6.10. The second-order valence-electron chi connectivity index (χ2n) is 13.4. The van der Waals surface area contributed by atoms with Crippen molar-refractivity contribution in [3.8, 4) is 0 Å². The first-order chi connectivity index (χ1) is 21.9. The third kappa shape index (κ3) is 8.62. The van der Waals surface area contributed by atoms with E-state index in [9.17, 15) is 40.9 Å². The molecule has 4 heterocycles. The zero-order valence-corrected chi connectivity index (χ0v) is 28.0. The van der Waals surface area contributed by atoms with Gasteiger partial charge in [0.25, 0.3) is 0 Å². The Hall–Kier alpha value is -0.680. The lowest BCUT2D eigenvalue weighted by molar-refractivity contribution is -0.390. The van der Waals surface area contributed by atoms with Crippen molar-refractivity contribution in [2.24, 2.45) is 0 Å². The van der Waals surface area contributed by atoms with Gasteiger partial charge in [0.2, 0.25) is 0 Å². The Bertz CT molecular complexity index is 975. The molecule has 0 aromatic rings. The number of hydrogen-bond acceptors (Lipinski definition) is 17. The van der Waals surface area contributed by atoms with Crippen molar-refractivity contribution < 1.29 is 83.5 Å². The van der Waals surface area contributed by atoms with Gasteiger partial charge in [-0.2, -0.15) is 0 Å². The molecule has 17 nitrogen and oxygen atoms in total. The van der Waals surface area contributed by atoms with Crippen LogP contribution >= 0.6 is 0 Å². The summed E-state index contributed by atoms with van der Waals surface area (Å²) in [6, 6.07) is 0. The standard InChI is InChI=1S/C30H54O17/c1-9(2)39-25-19(35)15(31)12(6)44-30(25)46-24-18(34)14(8)41-27(22(24)38)45-23-17(33)13(7)42-28(21(23)37)47-26-20(36)16(32)11(5)43-29(26)40-10(3)4/h9-38H,1-8H3/t11?,12?,13?,14?,15?,16-,17-,18-,19+,20+,21?,22?,23+,24+,25?,26?,27-,28-,29+,30-/m1/s1. The second-order valence-corrected chi connectivity index (χ2v) is 13.4. The summed E-state index contributed by atoms with van der Waals surface area (Å²) < 4.78 is 52.3. The van der Waals surface area contributed by atoms with Crippen LogP contribution in [-0.2, 0) is 42.6 Å². The Labute approximate surface area is 274 Å². The van der Waals surface area contributed by atoms with Gasteiger partial charge in [0.1, 0.15) is 73.2 Å². The fourth-order valence-corrected chi connectivity index (χ4v) is 6.10. The van der Waals surface area contributed by atoms with E-state index in [-0.39, 0.29) is 6.10 Å². The molecule has 0 saturated carbocycles. The lowest BCUT2D eigenvalue weighted by Crippen LogP contribution is -2.66. The summed E-state index contributed by atoms with van der Waals surface area (Å²) in [5.74, 6) is 0. The van der Waals surface area contributed by atoms with Gasteiger partial charge in [-0.15, -0.1) is 0 Å². The number of aliphatic hydroxyl groups excluding tert-OH is 8. The summed E-state index contributed by atoms with van der Waals surface area (Å²) in [6.45, 7) is 13.0. The highest BCUT2D eigenvalue weighted by molar-refractivity contribution is 4.96. The van der Waals surface area contributed by atoms with E-state index in [2.05, 4.69) is 0 Å². The summed E-state index contributed by atoms with van der Waals surface area (Å²) in [7, 11) is 0. The monoisotopic (exact) mass is 686 g/mol. The maximum atomic E-state index is 11.3. The van der Waals surface area contributed by atoms with E-state index in [4.69, 9.17) is 42.6 Å². The number of ether oxygens (including phenoxy) is 9. The molecule has 0 aromatic carbocycles. The van der Waals surface area contributed by atoms with Crippen molar-refractivity contribution in [2.75, 3.05) is 0 Å². The molecule has 0 spiro atoms. The third-order valence-electron chi connectivity index (χ3n) is 8.84. The van der Waals surface area contributed by atoms with Crippen LogP contribution in [0.5, 0.6) is 0 Å². The van der Waals surface area contributed by atoms with E-state index in [0.29, 0.717) is 0 Å². The summed E-state index contributed by atoms with van der Waals surface area (Å²) in [5.41, 5.74) is 0. The minimum Gasteiger partial charge on any atom is -0.388 e. The van der Waals surface area contributed by atoms with Crippen molar-refractivity contribution in [1.82, 2.24) is 0 Å². The minimum atomic E-state index is -1.73. The van der Waals surface area contributed by atoms with Gasteiger partial charge in [0, 0.05) is 0 Å². The molecule has 276 valence electrons. The molecule has 20 atom stereocenters. The van der Waals surface area contributed by atoms with Gasteiger partial charge in [-0.25, -0.2) is 0 Å². The third-order valence-corrected chi connectivity index (χ3v) is 8.84. The first-order valence-electron chi connectivity index (χ1n) is 16.3. The molecular weight excluding hydrogens is 632 g/mol. The Kier molecular flexibility index (Phi) is 13.4. The van der Waals surface area contributed by atoms with Crippen molar-refractivity contribution in [3.05, 3.63) is 0 Å². The summed E-state index contributed by atoms with van der Waals surface area (Å²) in [6.07, 6.45) is -27.3. The average molecular weight is 687 g/mol. The van der Waals surface area contributed by atoms with Crippen molar-refractivity contribution >= 4 is 0 Å². The molecule has 0 aliphatic carbocycles. The first kappa shape index (κ1) is 39.1. The van der Waals surface area contributed by atoms with Crippen LogP contribution in [0.2, 0.25) is 0 Å². The highest BCUT2D eigenvalue weighted by Gasteiger charge is 2.54. The van der Waals surface area contributed by atoms with Gasteiger partial charge in [-0.1, -0.05) is 0 Å². The number of hydrogen-bond donors (Lipinski definition) is 8. The smallest absolute Gasteiger partial charge is 0.187 e. The van der Waals surface area contributed by atoms with E-state index < -0.39 is 129 Å². The molecule has 9 unspecified atom stereocenters. The Balaban J connectivity index is 1.51. The quantitative estimate of drug-likeness (QED) is 0.116. The Morgan fingerprint density at radius 1 is 0.362 bits per heavy atom. The predicted octanol–water partition coefficient (Wildman–Crippen LogP) is -2.77. The summed E-state index contributed by atoms with van der Waals surface area (Å²) >= 11 is 0. The van der Waals surface area contributed by atoms with E-state index in [1.165, 1.54) is 20.8 Å². The van der Waals surface area contributed by atoms with Crippen LogP contribution in [0.3, 0.4) is 0 Å². The van der Waals surface area contributed by atoms with Crippen molar-refractivity contribution in [3.63, 3.8) is 0 Å². The summed E-state index contributed by atoms with van der Waals surface area (Å²) in [4.78, 5) is 0. The molecule has 4 aliphatic rings. The molecule has 4 rings (SSSR count). The number of aliphatic hydroxyl groups is 8. The van der Waals surface area contributed by atoms with Crippen LogP contribution in [-0.4, -0.2) is 176 Å². The van der Waals surface area contributed by atoms with E-state index in [1.54, 1.807) is 34.6 Å².